The molecule has 80 valence electrons. The highest BCUT2D eigenvalue weighted by Gasteiger charge is 2.39. The number of nitrogens with one attached hydrogen (secondary N) is 1. The van der Waals surface area contributed by atoms with E-state index in [4.69, 9.17) is 5.11 Å². The maximum Gasteiger partial charge on any atom is 0.326 e. The number of carboxylic acid groups (broad SMARTS) is 1. The summed E-state index contributed by atoms with van der Waals surface area (Å²) in [5.41, 5.74) is 0.765. The summed E-state index contributed by atoms with van der Waals surface area (Å²) in [5.74, 6) is -1.57. The Morgan fingerprint density at radius 2 is 2.47 bits per heavy atom. The van der Waals surface area contributed by atoms with Crippen molar-refractivity contribution < 1.29 is 14.7 Å². The van der Waals surface area contributed by atoms with Gasteiger partial charge >= 0.3 is 5.97 Å². The Morgan fingerprint density at radius 1 is 1.73 bits per heavy atom. The minimum atomic E-state index is -1.01. The maximum absolute atomic E-state index is 11.2. The third kappa shape index (κ3) is 1.58. The molecule has 0 radical (unpaired) electrons. The fraction of sp³-hybridized carbons (Fsp3) is 0.444. The zero-order valence-electron chi connectivity index (χ0n) is 8.17. The first-order valence-electron chi connectivity index (χ1n) is 4.59. The Labute approximate surface area is 85.9 Å². The number of carbonyl (C=O) groups is 2. The molecule has 1 aromatic heterocycles. The molecule has 1 amide bonds. The molecular weight excluding hydrogens is 198 g/mol. The van der Waals surface area contributed by atoms with Crippen molar-refractivity contribution in [2.45, 2.75) is 18.4 Å². The highest BCUT2D eigenvalue weighted by Crippen LogP contribution is 2.27. The average molecular weight is 209 g/mol. The van der Waals surface area contributed by atoms with Crippen LogP contribution in [0.5, 0.6) is 0 Å². The molecule has 1 aliphatic heterocycles. The molecule has 0 aliphatic carbocycles. The van der Waals surface area contributed by atoms with E-state index in [9.17, 15) is 9.59 Å². The number of hydrogen-bond acceptors (Lipinski definition) is 3. The highest BCUT2D eigenvalue weighted by atomic mass is 16.4. The molecule has 15 heavy (non-hydrogen) atoms. The zero-order chi connectivity index (χ0) is 11.0. The van der Waals surface area contributed by atoms with Crippen LogP contribution in [0.4, 0.5) is 0 Å². The van der Waals surface area contributed by atoms with E-state index in [-0.39, 0.29) is 18.2 Å². The molecule has 1 aromatic rings. The molecule has 2 heterocycles. The van der Waals surface area contributed by atoms with E-state index < -0.39 is 12.0 Å². The van der Waals surface area contributed by atoms with Gasteiger partial charge in [0.15, 0.2) is 0 Å². The molecule has 1 fully saturated rings. The normalized spacial score (nSPS) is 25.3. The lowest BCUT2D eigenvalue weighted by Gasteiger charge is -2.14. The summed E-state index contributed by atoms with van der Waals surface area (Å²) in [7, 11) is 1.73. The van der Waals surface area contributed by atoms with E-state index in [0.29, 0.717) is 0 Å². The summed E-state index contributed by atoms with van der Waals surface area (Å²) < 4.78 is 1.60. The average Bonchev–Trinajstić information content (AvgIpc) is 2.71. The minimum Gasteiger partial charge on any atom is -0.480 e. The second-order valence-electron chi connectivity index (χ2n) is 3.57. The molecule has 0 saturated carbocycles. The van der Waals surface area contributed by atoms with Gasteiger partial charge in [0, 0.05) is 31.3 Å². The second kappa shape index (κ2) is 3.38. The van der Waals surface area contributed by atoms with Gasteiger partial charge in [-0.2, -0.15) is 5.10 Å². The van der Waals surface area contributed by atoms with Gasteiger partial charge in [-0.1, -0.05) is 0 Å². The predicted octanol–water partition coefficient (Wildman–Crippen LogP) is -0.523. The molecule has 6 nitrogen and oxygen atoms in total. The van der Waals surface area contributed by atoms with E-state index in [1.807, 2.05) is 0 Å². The summed E-state index contributed by atoms with van der Waals surface area (Å²) in [6, 6.07) is 0.897. The SMILES string of the molecule is Cn1nccc1C1CC(=O)NC1C(=O)O. The number of amides is 1. The monoisotopic (exact) mass is 209 g/mol. The summed E-state index contributed by atoms with van der Waals surface area (Å²) in [6.45, 7) is 0. The van der Waals surface area contributed by atoms with Gasteiger partial charge in [-0.25, -0.2) is 4.79 Å². The van der Waals surface area contributed by atoms with Gasteiger partial charge in [0.2, 0.25) is 5.91 Å². The Balaban J connectivity index is 2.32. The second-order valence-corrected chi connectivity index (χ2v) is 3.57. The number of nitrogens with zero attached hydrogens (tertiary/aromatic N) is 2. The molecule has 2 N–H and O–H groups in total. The minimum absolute atomic E-state index is 0.205. The molecule has 2 rings (SSSR count). The molecule has 6 heteroatoms. The van der Waals surface area contributed by atoms with E-state index >= 15 is 0 Å². The largest absolute Gasteiger partial charge is 0.480 e. The third-order valence-electron chi connectivity index (χ3n) is 2.63. The van der Waals surface area contributed by atoms with Gasteiger partial charge < -0.3 is 10.4 Å². The number of carbonyl (C=O) groups excluding carboxylic acids is 1. The van der Waals surface area contributed by atoms with E-state index in [2.05, 4.69) is 10.4 Å². The van der Waals surface area contributed by atoms with Crippen molar-refractivity contribution in [3.8, 4) is 0 Å². The van der Waals surface area contributed by atoms with Gasteiger partial charge in [-0.3, -0.25) is 9.48 Å². The van der Waals surface area contributed by atoms with Crippen LogP contribution in [0.25, 0.3) is 0 Å². The number of rotatable bonds is 2. The lowest BCUT2D eigenvalue weighted by molar-refractivity contribution is -0.140. The third-order valence-corrected chi connectivity index (χ3v) is 2.63. The topological polar surface area (TPSA) is 84.2 Å². The smallest absolute Gasteiger partial charge is 0.326 e. The van der Waals surface area contributed by atoms with E-state index in [1.165, 1.54) is 0 Å². The summed E-state index contributed by atoms with van der Waals surface area (Å²) in [4.78, 5) is 22.1. The Hall–Kier alpha value is -1.85. The van der Waals surface area contributed by atoms with Crippen LogP contribution in [0.2, 0.25) is 0 Å². The van der Waals surface area contributed by atoms with Gasteiger partial charge in [-0.15, -0.1) is 0 Å². The van der Waals surface area contributed by atoms with Crippen molar-refractivity contribution in [2.75, 3.05) is 0 Å². The number of aryl methyl sites for hydroxylation is 1. The Morgan fingerprint density at radius 3 is 3.00 bits per heavy atom. The van der Waals surface area contributed by atoms with Gasteiger partial charge in [0.1, 0.15) is 6.04 Å². The molecule has 0 bridgehead atoms. The number of hydrogen-bond donors (Lipinski definition) is 2. The Kier molecular flexibility index (Phi) is 2.18. The first-order valence-corrected chi connectivity index (χ1v) is 4.59. The van der Waals surface area contributed by atoms with Crippen molar-refractivity contribution in [3.63, 3.8) is 0 Å². The number of aromatic nitrogens is 2. The highest BCUT2D eigenvalue weighted by molar-refractivity contribution is 5.89. The van der Waals surface area contributed by atoms with Crippen molar-refractivity contribution in [1.82, 2.24) is 15.1 Å². The summed E-state index contributed by atoms with van der Waals surface area (Å²) >= 11 is 0. The zero-order valence-corrected chi connectivity index (χ0v) is 8.17. The lowest BCUT2D eigenvalue weighted by Crippen LogP contribution is -2.36. The van der Waals surface area contributed by atoms with Crippen LogP contribution in [-0.4, -0.2) is 32.8 Å². The van der Waals surface area contributed by atoms with Gasteiger partial charge in [-0.05, 0) is 6.07 Å². The standard InChI is InChI=1S/C9H11N3O3/c1-12-6(2-3-10-12)5-4-7(13)11-8(5)9(14)15/h2-3,5,8H,4H2,1H3,(H,11,13)(H,14,15). The molecular formula is C9H11N3O3. The van der Waals surface area contributed by atoms with Crippen LogP contribution < -0.4 is 5.32 Å². The van der Waals surface area contributed by atoms with Crippen LogP contribution in [0, 0.1) is 0 Å². The lowest BCUT2D eigenvalue weighted by atomic mass is 9.97. The maximum atomic E-state index is 11.2. The van der Waals surface area contributed by atoms with Gasteiger partial charge in [0.25, 0.3) is 0 Å². The number of carboxylic acids is 1. The summed E-state index contributed by atoms with van der Waals surface area (Å²) in [5, 5.41) is 15.4. The molecule has 2 unspecified atom stereocenters. The molecule has 0 aromatic carbocycles. The quantitative estimate of drug-likeness (QED) is 0.686. The van der Waals surface area contributed by atoms with Crippen LogP contribution in [0.1, 0.15) is 18.0 Å². The summed E-state index contributed by atoms with van der Waals surface area (Å²) in [6.07, 6.45) is 1.80. The van der Waals surface area contributed by atoms with Gasteiger partial charge in [0.05, 0.1) is 0 Å². The fourth-order valence-electron chi connectivity index (χ4n) is 1.91. The number of aliphatic carboxylic acids is 1. The van der Waals surface area contributed by atoms with Crippen molar-refractivity contribution in [1.29, 1.82) is 0 Å². The molecule has 0 spiro atoms. The van der Waals surface area contributed by atoms with Crippen LogP contribution in [-0.2, 0) is 16.6 Å². The first kappa shape index (κ1) is 9.70. The first-order chi connectivity index (χ1) is 7.09. The Bertz CT molecular complexity index is 412. The van der Waals surface area contributed by atoms with E-state index in [1.54, 1.807) is 24.0 Å². The molecule has 1 aliphatic rings. The van der Waals surface area contributed by atoms with Crippen molar-refractivity contribution >= 4 is 11.9 Å². The van der Waals surface area contributed by atoms with E-state index in [0.717, 1.165) is 5.69 Å². The molecule has 1 saturated heterocycles. The van der Waals surface area contributed by atoms with Crippen LogP contribution >= 0.6 is 0 Å². The van der Waals surface area contributed by atoms with Crippen molar-refractivity contribution in [2.24, 2.45) is 7.05 Å². The predicted molar refractivity (Wildman–Crippen MR) is 50.1 cm³/mol. The fourth-order valence-corrected chi connectivity index (χ4v) is 1.91. The van der Waals surface area contributed by atoms with Crippen LogP contribution in [0.15, 0.2) is 12.3 Å². The van der Waals surface area contributed by atoms with Crippen LogP contribution in [0.3, 0.4) is 0 Å². The van der Waals surface area contributed by atoms with Crippen molar-refractivity contribution in [3.05, 3.63) is 18.0 Å². The molecule has 2 atom stereocenters.